The Labute approximate surface area is 101 Å². The first-order chi connectivity index (χ1) is 8.15. The predicted molar refractivity (Wildman–Crippen MR) is 64.8 cm³/mol. The van der Waals surface area contributed by atoms with Crippen molar-refractivity contribution in [3.05, 3.63) is 42.2 Å². The first-order valence-corrected chi connectivity index (χ1v) is 5.76. The molecule has 0 saturated heterocycles. The molecule has 1 aliphatic heterocycles. The van der Waals surface area contributed by atoms with Crippen LogP contribution in [-0.2, 0) is 9.53 Å². The predicted octanol–water partition coefficient (Wildman–Crippen LogP) is 3.02. The lowest BCUT2D eigenvalue weighted by molar-refractivity contribution is -0.118. The van der Waals surface area contributed by atoms with Crippen molar-refractivity contribution in [3.63, 3.8) is 0 Å². The maximum atomic E-state index is 11.3. The number of allylic oxidation sites excluding steroid dienone is 1. The molecule has 1 aliphatic rings. The molecule has 0 bridgehead atoms. The van der Waals surface area contributed by atoms with Crippen molar-refractivity contribution in [2.24, 2.45) is 0 Å². The molecule has 1 aromatic carbocycles. The third kappa shape index (κ3) is 3.09. The zero-order chi connectivity index (χ0) is 12.3. The van der Waals surface area contributed by atoms with E-state index in [0.29, 0.717) is 6.42 Å². The van der Waals surface area contributed by atoms with Crippen molar-refractivity contribution in [1.29, 1.82) is 0 Å². The molecule has 0 fully saturated rings. The van der Waals surface area contributed by atoms with E-state index in [0.717, 1.165) is 11.3 Å². The summed E-state index contributed by atoms with van der Waals surface area (Å²) in [5, 5.41) is 0. The number of hydrogen-bond donors (Lipinski definition) is 0. The zero-order valence-corrected chi connectivity index (χ0v) is 10.1. The molecule has 0 radical (unpaired) electrons. The molecule has 0 aliphatic carbocycles. The Morgan fingerprint density at radius 1 is 1.29 bits per heavy atom. The van der Waals surface area contributed by atoms with Crippen LogP contribution >= 0.6 is 0 Å². The molecule has 2 rings (SSSR count). The fraction of sp³-hybridized carbons (Fsp3) is 0.357. The topological polar surface area (TPSA) is 35.5 Å². The molecule has 0 N–H and O–H groups in total. The summed E-state index contributed by atoms with van der Waals surface area (Å²) in [6.07, 6.45) is 3.33. The Hall–Kier alpha value is -1.77. The van der Waals surface area contributed by atoms with Gasteiger partial charge in [0.05, 0.1) is 18.8 Å². The fourth-order valence-electron chi connectivity index (χ4n) is 1.74. The maximum Gasteiger partial charge on any atom is 0.162 e. The smallest absolute Gasteiger partial charge is 0.162 e. The Bertz CT molecular complexity index is 418. The Balaban J connectivity index is 2.07. The minimum Gasteiger partial charge on any atom is -0.493 e. The van der Waals surface area contributed by atoms with Crippen LogP contribution in [0, 0.1) is 0 Å². The largest absolute Gasteiger partial charge is 0.493 e. The molecule has 0 saturated carbocycles. The Kier molecular flexibility index (Phi) is 3.47. The number of hydrogen-bond acceptors (Lipinski definition) is 3. The average Bonchev–Trinajstić information content (AvgIpc) is 2.29. The van der Waals surface area contributed by atoms with Gasteiger partial charge in [-0.1, -0.05) is 12.1 Å². The van der Waals surface area contributed by atoms with Crippen LogP contribution < -0.4 is 4.74 Å². The summed E-state index contributed by atoms with van der Waals surface area (Å²) in [5.41, 5.74) is 0.999. The number of benzene rings is 1. The second-order valence-electron chi connectivity index (χ2n) is 4.33. The van der Waals surface area contributed by atoms with Gasteiger partial charge in [0.2, 0.25) is 0 Å². The van der Waals surface area contributed by atoms with Gasteiger partial charge >= 0.3 is 0 Å². The van der Waals surface area contributed by atoms with Gasteiger partial charge in [-0.05, 0) is 31.5 Å². The van der Waals surface area contributed by atoms with E-state index >= 15 is 0 Å². The van der Waals surface area contributed by atoms with Crippen LogP contribution in [0.25, 0.3) is 0 Å². The van der Waals surface area contributed by atoms with Crippen LogP contribution in [0.1, 0.15) is 31.9 Å². The molecule has 3 nitrogen and oxygen atoms in total. The summed E-state index contributed by atoms with van der Waals surface area (Å²) in [4.78, 5) is 11.3. The van der Waals surface area contributed by atoms with Gasteiger partial charge in [-0.3, -0.25) is 4.79 Å². The van der Waals surface area contributed by atoms with Gasteiger partial charge in [-0.25, -0.2) is 0 Å². The molecule has 1 unspecified atom stereocenters. The number of carbonyl (C=O) groups is 1. The van der Waals surface area contributed by atoms with Gasteiger partial charge < -0.3 is 9.47 Å². The van der Waals surface area contributed by atoms with Crippen molar-refractivity contribution in [3.8, 4) is 5.75 Å². The fourth-order valence-corrected chi connectivity index (χ4v) is 1.74. The van der Waals surface area contributed by atoms with E-state index in [9.17, 15) is 4.79 Å². The zero-order valence-electron chi connectivity index (χ0n) is 10.1. The molecule has 90 valence electrons. The van der Waals surface area contributed by atoms with Gasteiger partial charge in [-0.2, -0.15) is 0 Å². The SMILES string of the molecule is CC(C)Oc1ccc(C2CC(=O)C=CO2)cc1. The minimum absolute atomic E-state index is 0.101. The van der Waals surface area contributed by atoms with Gasteiger partial charge in [-0.15, -0.1) is 0 Å². The summed E-state index contributed by atoms with van der Waals surface area (Å²) in [5.74, 6) is 0.935. The first kappa shape index (κ1) is 11.7. The van der Waals surface area contributed by atoms with E-state index in [-0.39, 0.29) is 18.0 Å². The van der Waals surface area contributed by atoms with Gasteiger partial charge in [0.1, 0.15) is 11.9 Å². The van der Waals surface area contributed by atoms with E-state index in [1.165, 1.54) is 12.3 Å². The monoisotopic (exact) mass is 232 g/mol. The highest BCUT2D eigenvalue weighted by Crippen LogP contribution is 2.26. The molecule has 1 aromatic rings. The van der Waals surface area contributed by atoms with Crippen LogP contribution in [0.2, 0.25) is 0 Å². The average molecular weight is 232 g/mol. The van der Waals surface area contributed by atoms with Crippen molar-refractivity contribution >= 4 is 5.78 Å². The summed E-state index contributed by atoms with van der Waals surface area (Å²) >= 11 is 0. The van der Waals surface area contributed by atoms with Crippen LogP contribution in [0.4, 0.5) is 0 Å². The van der Waals surface area contributed by atoms with Gasteiger partial charge in [0.15, 0.2) is 5.78 Å². The van der Waals surface area contributed by atoms with Crippen molar-refractivity contribution in [2.45, 2.75) is 32.5 Å². The number of rotatable bonds is 3. The van der Waals surface area contributed by atoms with Crippen LogP contribution in [0.3, 0.4) is 0 Å². The lowest BCUT2D eigenvalue weighted by Gasteiger charge is -2.19. The highest BCUT2D eigenvalue weighted by molar-refractivity contribution is 5.90. The van der Waals surface area contributed by atoms with Crippen molar-refractivity contribution in [2.75, 3.05) is 0 Å². The molecular weight excluding hydrogens is 216 g/mol. The number of ketones is 1. The lowest BCUT2D eigenvalue weighted by Crippen LogP contribution is -2.11. The lowest BCUT2D eigenvalue weighted by atomic mass is 10.0. The molecule has 1 heterocycles. The molecule has 0 aromatic heterocycles. The highest BCUT2D eigenvalue weighted by atomic mass is 16.5. The van der Waals surface area contributed by atoms with Crippen LogP contribution in [0.15, 0.2) is 36.6 Å². The van der Waals surface area contributed by atoms with E-state index < -0.39 is 0 Å². The standard InChI is InChI=1S/C14H16O3/c1-10(2)17-13-5-3-11(4-6-13)14-9-12(15)7-8-16-14/h3-8,10,14H,9H2,1-2H3. The maximum absolute atomic E-state index is 11.3. The number of carbonyl (C=O) groups excluding carboxylic acids is 1. The second kappa shape index (κ2) is 5.04. The third-order valence-corrected chi connectivity index (χ3v) is 2.51. The summed E-state index contributed by atoms with van der Waals surface area (Å²) in [6.45, 7) is 3.98. The third-order valence-electron chi connectivity index (χ3n) is 2.51. The van der Waals surface area contributed by atoms with Crippen LogP contribution in [-0.4, -0.2) is 11.9 Å². The van der Waals surface area contributed by atoms with E-state index in [4.69, 9.17) is 9.47 Å². The molecule has 0 amide bonds. The van der Waals surface area contributed by atoms with E-state index in [1.54, 1.807) is 0 Å². The highest BCUT2D eigenvalue weighted by Gasteiger charge is 2.18. The van der Waals surface area contributed by atoms with Crippen molar-refractivity contribution in [1.82, 2.24) is 0 Å². The quantitative estimate of drug-likeness (QED) is 0.803. The number of ether oxygens (including phenoxy) is 2. The minimum atomic E-state index is -0.166. The normalized spacial score (nSPS) is 19.2. The second-order valence-corrected chi connectivity index (χ2v) is 4.33. The summed E-state index contributed by atoms with van der Waals surface area (Å²) < 4.78 is 11.0. The molecule has 3 heteroatoms. The Morgan fingerprint density at radius 2 is 2.00 bits per heavy atom. The molecule has 1 atom stereocenters. The van der Waals surface area contributed by atoms with E-state index in [1.807, 2.05) is 38.1 Å². The first-order valence-electron chi connectivity index (χ1n) is 5.76. The van der Waals surface area contributed by atoms with Crippen molar-refractivity contribution < 1.29 is 14.3 Å². The van der Waals surface area contributed by atoms with Gasteiger partial charge in [0, 0.05) is 6.08 Å². The Morgan fingerprint density at radius 3 is 2.59 bits per heavy atom. The summed E-state index contributed by atoms with van der Waals surface area (Å²) in [7, 11) is 0. The van der Waals surface area contributed by atoms with Gasteiger partial charge in [0.25, 0.3) is 0 Å². The molecule has 0 spiro atoms. The summed E-state index contributed by atoms with van der Waals surface area (Å²) in [6, 6.07) is 7.69. The molecule has 17 heavy (non-hydrogen) atoms. The van der Waals surface area contributed by atoms with E-state index in [2.05, 4.69) is 0 Å². The molecular formula is C14H16O3. The van der Waals surface area contributed by atoms with Crippen LogP contribution in [0.5, 0.6) is 5.75 Å².